The summed E-state index contributed by atoms with van der Waals surface area (Å²) in [5, 5.41) is 18.4. The average molecular weight is 528 g/mol. The number of hydrogen-bond acceptors (Lipinski definition) is 4. The third-order valence-corrected chi connectivity index (χ3v) is 6.18. The van der Waals surface area contributed by atoms with Crippen molar-refractivity contribution >= 4 is 6.21 Å². The first kappa shape index (κ1) is 35.2. The quantitative estimate of drug-likeness (QED) is 0.194. The van der Waals surface area contributed by atoms with Crippen molar-refractivity contribution in [3.05, 3.63) is 93.9 Å². The molecule has 5 nitrogen and oxygen atoms in total. The highest BCUT2D eigenvalue weighted by atomic mass is 19.1. The molecule has 2 rings (SSSR count). The van der Waals surface area contributed by atoms with E-state index in [1.807, 2.05) is 57.2 Å². The van der Waals surface area contributed by atoms with E-state index in [-0.39, 0.29) is 11.5 Å². The maximum atomic E-state index is 14.0. The maximum Gasteiger partial charge on any atom is 0.247 e. The summed E-state index contributed by atoms with van der Waals surface area (Å²) in [7, 11) is 0. The van der Waals surface area contributed by atoms with Crippen molar-refractivity contribution in [2.24, 2.45) is 5.92 Å². The Morgan fingerprint density at radius 1 is 1.18 bits per heavy atom. The van der Waals surface area contributed by atoms with E-state index in [0.29, 0.717) is 18.7 Å². The predicted octanol–water partition coefficient (Wildman–Crippen LogP) is 7.00. The van der Waals surface area contributed by atoms with Gasteiger partial charge in [-0.25, -0.2) is 4.39 Å². The zero-order chi connectivity index (χ0) is 29.1. The fourth-order valence-electron chi connectivity index (χ4n) is 3.76. The molecule has 38 heavy (non-hydrogen) atoms. The lowest BCUT2D eigenvalue weighted by Gasteiger charge is -2.28. The molecule has 0 fully saturated rings. The van der Waals surface area contributed by atoms with Crippen LogP contribution in [-0.4, -0.2) is 46.9 Å². The zero-order valence-corrected chi connectivity index (χ0v) is 24.6. The summed E-state index contributed by atoms with van der Waals surface area (Å²) in [5.74, 6) is 0.138. The van der Waals surface area contributed by atoms with Crippen LogP contribution in [0.25, 0.3) is 0 Å². The molecule has 0 spiro atoms. The van der Waals surface area contributed by atoms with E-state index < -0.39 is 11.8 Å². The highest BCUT2D eigenvalue weighted by Gasteiger charge is 2.22. The van der Waals surface area contributed by atoms with E-state index in [4.69, 9.17) is 5.41 Å². The number of H-pyrrole nitrogens is 1. The molecule has 0 bridgehead atoms. The van der Waals surface area contributed by atoms with E-state index in [1.165, 1.54) is 12.3 Å². The van der Waals surface area contributed by atoms with Gasteiger partial charge in [-0.15, -0.1) is 6.58 Å². The minimum atomic E-state index is -1.34. The highest BCUT2D eigenvalue weighted by molar-refractivity contribution is 5.76. The number of aliphatic hydroxyl groups is 1. The van der Waals surface area contributed by atoms with Crippen LogP contribution in [0.15, 0.2) is 71.7 Å². The molecule has 6 heteroatoms. The molecule has 212 valence electrons. The average Bonchev–Trinajstić information content (AvgIpc) is 2.91. The van der Waals surface area contributed by atoms with Crippen molar-refractivity contribution in [2.45, 2.75) is 79.5 Å². The van der Waals surface area contributed by atoms with Gasteiger partial charge in [-0.05, 0) is 68.3 Å². The van der Waals surface area contributed by atoms with E-state index in [9.17, 15) is 14.3 Å². The van der Waals surface area contributed by atoms with E-state index >= 15 is 0 Å². The number of alkyl halides is 1. The first-order valence-corrected chi connectivity index (χ1v) is 13.7. The van der Waals surface area contributed by atoms with Gasteiger partial charge in [0.1, 0.15) is 5.67 Å². The van der Waals surface area contributed by atoms with Crippen LogP contribution < -0.4 is 5.56 Å². The first-order chi connectivity index (χ1) is 18.0. The van der Waals surface area contributed by atoms with Crippen LogP contribution >= 0.6 is 0 Å². The number of pyridine rings is 1. The Morgan fingerprint density at radius 2 is 1.82 bits per heavy atom. The standard InChI is InChI=1S/C24H37FN2O.C6H7NO.C2H6/c1-6-9-10-20(16-26)17-27(8-3)18-23(28)21(7-2)15-19-11-13-22(14-12-19)24(4,5)25;1-5-2-3-6(8)7-4-5;1-2/h6,10-14,16,21,23,26,28H,1,7-9,15,17-18H2,2-5H3;2-4H,1H3,(H,7,8);1-2H3/b20-10+,26-16?;;. The molecule has 2 aromatic rings. The van der Waals surface area contributed by atoms with E-state index in [1.54, 1.807) is 26.1 Å². The lowest BCUT2D eigenvalue weighted by Crippen LogP contribution is -2.38. The molecule has 2 unspecified atom stereocenters. The number of nitrogens with one attached hydrogen (secondary N) is 2. The summed E-state index contributed by atoms with van der Waals surface area (Å²) in [6.45, 7) is 19.0. The second kappa shape index (κ2) is 19.3. The molecule has 1 heterocycles. The number of halogens is 1. The summed E-state index contributed by atoms with van der Waals surface area (Å²) >= 11 is 0. The number of benzene rings is 1. The second-order valence-corrected chi connectivity index (χ2v) is 9.61. The van der Waals surface area contributed by atoms with Gasteiger partial charge in [-0.2, -0.15) is 0 Å². The van der Waals surface area contributed by atoms with Gasteiger partial charge in [-0.1, -0.05) is 76.6 Å². The van der Waals surface area contributed by atoms with Crippen LogP contribution in [0.3, 0.4) is 0 Å². The summed E-state index contributed by atoms with van der Waals surface area (Å²) in [4.78, 5) is 15.1. The minimum absolute atomic E-state index is 0.0457. The van der Waals surface area contributed by atoms with Crippen molar-refractivity contribution in [3.63, 3.8) is 0 Å². The largest absolute Gasteiger partial charge is 0.391 e. The Bertz CT molecular complexity index is 986. The van der Waals surface area contributed by atoms with Crippen LogP contribution in [0.2, 0.25) is 0 Å². The number of nitrogens with zero attached hydrogens (tertiary/aromatic N) is 1. The van der Waals surface area contributed by atoms with Gasteiger partial charge < -0.3 is 15.5 Å². The third-order valence-electron chi connectivity index (χ3n) is 6.18. The number of allylic oxidation sites excluding steroid dienone is 2. The summed E-state index contributed by atoms with van der Waals surface area (Å²) < 4.78 is 14.0. The number of aromatic amines is 1. The molecule has 0 radical (unpaired) electrons. The molecular weight excluding hydrogens is 477 g/mol. The molecule has 0 amide bonds. The van der Waals surface area contributed by atoms with Crippen molar-refractivity contribution in [1.29, 1.82) is 5.41 Å². The number of rotatable bonds is 13. The number of hydrogen-bond donors (Lipinski definition) is 3. The van der Waals surface area contributed by atoms with Gasteiger partial charge >= 0.3 is 0 Å². The second-order valence-electron chi connectivity index (χ2n) is 9.61. The molecule has 0 saturated carbocycles. The predicted molar refractivity (Wildman–Crippen MR) is 161 cm³/mol. The molecule has 1 aromatic heterocycles. The molecule has 0 saturated heterocycles. The monoisotopic (exact) mass is 527 g/mol. The van der Waals surface area contributed by atoms with Crippen molar-refractivity contribution < 1.29 is 9.50 Å². The number of aromatic nitrogens is 1. The molecule has 0 aliphatic heterocycles. The summed E-state index contributed by atoms with van der Waals surface area (Å²) in [5.41, 5.74) is 2.42. The van der Waals surface area contributed by atoms with Gasteiger partial charge in [0.2, 0.25) is 5.56 Å². The Labute approximate surface area is 230 Å². The van der Waals surface area contributed by atoms with E-state index in [2.05, 4.69) is 30.3 Å². The van der Waals surface area contributed by atoms with Gasteiger partial charge in [0, 0.05) is 31.6 Å². The molecule has 3 N–H and O–H groups in total. The van der Waals surface area contributed by atoms with E-state index in [0.717, 1.165) is 42.5 Å². The molecule has 0 aliphatic carbocycles. The van der Waals surface area contributed by atoms with Gasteiger partial charge in [-0.3, -0.25) is 9.69 Å². The zero-order valence-electron chi connectivity index (χ0n) is 24.6. The molecule has 2 atom stereocenters. The lowest BCUT2D eigenvalue weighted by atomic mass is 9.90. The van der Waals surface area contributed by atoms with Crippen LogP contribution in [0.5, 0.6) is 0 Å². The van der Waals surface area contributed by atoms with Crippen molar-refractivity contribution in [1.82, 2.24) is 9.88 Å². The smallest absolute Gasteiger partial charge is 0.247 e. The normalized spacial score (nSPS) is 12.9. The Morgan fingerprint density at radius 3 is 2.24 bits per heavy atom. The van der Waals surface area contributed by atoms with Crippen LogP contribution in [0, 0.1) is 18.3 Å². The van der Waals surface area contributed by atoms with Crippen LogP contribution in [-0.2, 0) is 12.1 Å². The number of aliphatic hydroxyl groups excluding tert-OH is 1. The molecular formula is C32H50FN3O2. The highest BCUT2D eigenvalue weighted by Crippen LogP contribution is 2.26. The SMILES string of the molecule is C=CC/C=C(\C=N)CN(CC)CC(O)C(CC)Cc1ccc(C(C)(C)F)cc1.CC.Cc1ccc(=O)[nH]c1. The van der Waals surface area contributed by atoms with Crippen molar-refractivity contribution in [2.75, 3.05) is 19.6 Å². The van der Waals surface area contributed by atoms with Crippen LogP contribution in [0.1, 0.15) is 71.1 Å². The molecule has 0 aliphatic rings. The first-order valence-electron chi connectivity index (χ1n) is 13.7. The van der Waals surface area contributed by atoms with Gasteiger partial charge in [0.15, 0.2) is 0 Å². The van der Waals surface area contributed by atoms with Gasteiger partial charge in [0.05, 0.1) is 6.10 Å². The summed E-state index contributed by atoms with van der Waals surface area (Å²) in [6.07, 6.45) is 8.82. The molecule has 1 aromatic carbocycles. The van der Waals surface area contributed by atoms with Gasteiger partial charge in [0.25, 0.3) is 0 Å². The minimum Gasteiger partial charge on any atom is -0.391 e. The fraction of sp³-hybridized carbons (Fsp3) is 0.500. The maximum absolute atomic E-state index is 14.0. The fourth-order valence-corrected chi connectivity index (χ4v) is 3.76. The number of aryl methyl sites for hydroxylation is 1. The topological polar surface area (TPSA) is 80.2 Å². The Hall–Kier alpha value is -2.83. The summed E-state index contributed by atoms with van der Waals surface area (Å²) in [6, 6.07) is 10.9. The number of likely N-dealkylation sites (N-methyl/N-ethyl adjacent to an activating group) is 1. The lowest BCUT2D eigenvalue weighted by molar-refractivity contribution is 0.0667. The third kappa shape index (κ3) is 14.2. The Kier molecular flexibility index (Phi) is 17.8. The van der Waals surface area contributed by atoms with Crippen LogP contribution in [0.4, 0.5) is 4.39 Å². The Balaban J connectivity index is 0.00000114. The van der Waals surface area contributed by atoms with Crippen molar-refractivity contribution in [3.8, 4) is 0 Å².